The minimum absolute atomic E-state index is 0.00415. The maximum atomic E-state index is 11.7. The van der Waals surface area contributed by atoms with Crippen LogP contribution >= 0.6 is 0 Å². The van der Waals surface area contributed by atoms with Gasteiger partial charge in [-0.05, 0) is 37.1 Å². The molecule has 1 aromatic rings. The molecular weight excluding hydrogens is 254 g/mol. The summed E-state index contributed by atoms with van der Waals surface area (Å²) < 4.78 is 0. The largest absolute Gasteiger partial charge is 0.342 e. The Balaban J connectivity index is 2.55. The van der Waals surface area contributed by atoms with Gasteiger partial charge in [0.1, 0.15) is 0 Å². The number of rotatable bonds is 7. The van der Waals surface area contributed by atoms with Crippen LogP contribution in [0.15, 0.2) is 24.3 Å². The molecule has 0 aliphatic heterocycles. The van der Waals surface area contributed by atoms with Gasteiger partial charge in [0.25, 0.3) is 0 Å². The molecule has 0 aliphatic carbocycles. The Bertz CT molecular complexity index is 460. The number of amides is 2. The fourth-order valence-corrected chi connectivity index (χ4v) is 1.79. The van der Waals surface area contributed by atoms with Gasteiger partial charge in [0, 0.05) is 32.6 Å². The van der Waals surface area contributed by atoms with Crippen LogP contribution in [0.5, 0.6) is 0 Å². The van der Waals surface area contributed by atoms with Gasteiger partial charge in [0.2, 0.25) is 11.8 Å². The van der Waals surface area contributed by atoms with E-state index in [1.807, 2.05) is 24.3 Å². The van der Waals surface area contributed by atoms with Crippen LogP contribution in [0.4, 0.5) is 5.69 Å². The normalized spacial score (nSPS) is 10.2. The van der Waals surface area contributed by atoms with Gasteiger partial charge in [0.05, 0.1) is 0 Å². The molecule has 0 atom stereocenters. The Morgan fingerprint density at radius 1 is 1.30 bits per heavy atom. The van der Waals surface area contributed by atoms with Crippen molar-refractivity contribution >= 4 is 17.5 Å². The molecule has 1 aromatic carbocycles. The molecule has 5 heteroatoms. The zero-order chi connectivity index (χ0) is 15.0. The van der Waals surface area contributed by atoms with Gasteiger partial charge >= 0.3 is 0 Å². The smallest absolute Gasteiger partial charge is 0.224 e. The number of anilines is 1. The third kappa shape index (κ3) is 5.84. The molecule has 0 saturated carbocycles. The monoisotopic (exact) mass is 277 g/mol. The van der Waals surface area contributed by atoms with Crippen LogP contribution < -0.4 is 11.1 Å². The molecule has 0 radical (unpaired) electrons. The molecule has 0 spiro atoms. The summed E-state index contributed by atoms with van der Waals surface area (Å²) in [6, 6.07) is 7.54. The van der Waals surface area contributed by atoms with Crippen LogP contribution in [0.3, 0.4) is 0 Å². The molecular formula is C15H23N3O2. The number of carbonyl (C=O) groups excluding carboxylic acids is 2. The van der Waals surface area contributed by atoms with Gasteiger partial charge in [-0.25, -0.2) is 0 Å². The van der Waals surface area contributed by atoms with Crippen LogP contribution in [-0.2, 0) is 16.1 Å². The zero-order valence-electron chi connectivity index (χ0n) is 12.2. The van der Waals surface area contributed by atoms with Crippen LogP contribution in [-0.4, -0.2) is 30.3 Å². The van der Waals surface area contributed by atoms with E-state index in [9.17, 15) is 9.59 Å². The number of hydrogen-bond acceptors (Lipinski definition) is 3. The maximum Gasteiger partial charge on any atom is 0.224 e. The molecule has 0 saturated heterocycles. The molecule has 0 heterocycles. The van der Waals surface area contributed by atoms with E-state index in [1.165, 1.54) is 6.92 Å². The van der Waals surface area contributed by atoms with Gasteiger partial charge < -0.3 is 16.0 Å². The van der Waals surface area contributed by atoms with Crippen molar-refractivity contribution in [2.24, 2.45) is 5.73 Å². The van der Waals surface area contributed by atoms with Gasteiger partial charge in [-0.2, -0.15) is 0 Å². The fraction of sp³-hybridized carbons (Fsp3) is 0.467. The van der Waals surface area contributed by atoms with Crippen molar-refractivity contribution in [3.63, 3.8) is 0 Å². The lowest BCUT2D eigenvalue weighted by Crippen LogP contribution is -2.23. The first-order chi connectivity index (χ1) is 9.52. The maximum absolute atomic E-state index is 11.7. The Morgan fingerprint density at radius 3 is 2.70 bits per heavy atom. The molecule has 2 amide bonds. The van der Waals surface area contributed by atoms with Gasteiger partial charge in [-0.15, -0.1) is 0 Å². The molecule has 0 bridgehead atoms. The molecule has 110 valence electrons. The van der Waals surface area contributed by atoms with Crippen molar-refractivity contribution in [3.05, 3.63) is 29.8 Å². The molecule has 0 fully saturated rings. The molecule has 0 unspecified atom stereocenters. The predicted octanol–water partition coefficient (Wildman–Crippen LogP) is 1.73. The molecule has 5 nitrogen and oxygen atoms in total. The van der Waals surface area contributed by atoms with Crippen molar-refractivity contribution < 1.29 is 9.59 Å². The summed E-state index contributed by atoms with van der Waals surface area (Å²) in [4.78, 5) is 24.5. The standard InChI is InChI=1S/C15H23N3O2/c1-12(19)18(2)11-13-6-5-7-14(10-13)17-15(20)8-3-4-9-16/h5-7,10H,3-4,8-9,11,16H2,1-2H3,(H,17,20). The lowest BCUT2D eigenvalue weighted by Gasteiger charge is -2.15. The van der Waals surface area contributed by atoms with E-state index < -0.39 is 0 Å². The number of nitrogens with two attached hydrogens (primary N) is 1. The second-order valence-corrected chi connectivity index (χ2v) is 4.87. The topological polar surface area (TPSA) is 75.4 Å². The molecule has 0 aliphatic rings. The number of hydrogen-bond donors (Lipinski definition) is 2. The average Bonchev–Trinajstić information content (AvgIpc) is 2.39. The summed E-state index contributed by atoms with van der Waals surface area (Å²) in [6.07, 6.45) is 2.14. The van der Waals surface area contributed by atoms with Crippen LogP contribution in [0.2, 0.25) is 0 Å². The number of unbranched alkanes of at least 4 members (excludes halogenated alkanes) is 1. The van der Waals surface area contributed by atoms with Crippen molar-refractivity contribution in [2.75, 3.05) is 18.9 Å². The number of nitrogens with one attached hydrogen (secondary N) is 1. The Hall–Kier alpha value is -1.88. The van der Waals surface area contributed by atoms with E-state index in [2.05, 4.69) is 5.32 Å². The molecule has 20 heavy (non-hydrogen) atoms. The van der Waals surface area contributed by atoms with E-state index in [4.69, 9.17) is 5.73 Å². The third-order valence-electron chi connectivity index (χ3n) is 3.03. The summed E-state index contributed by atoms with van der Waals surface area (Å²) >= 11 is 0. The van der Waals surface area contributed by atoms with Gasteiger partial charge in [-0.3, -0.25) is 9.59 Å². The summed E-state index contributed by atoms with van der Waals surface area (Å²) in [5.41, 5.74) is 7.14. The first-order valence-electron chi connectivity index (χ1n) is 6.83. The average molecular weight is 277 g/mol. The van der Waals surface area contributed by atoms with Crippen LogP contribution in [0.1, 0.15) is 31.7 Å². The zero-order valence-corrected chi connectivity index (χ0v) is 12.2. The van der Waals surface area contributed by atoms with Crippen LogP contribution in [0.25, 0.3) is 0 Å². The first kappa shape index (κ1) is 16.2. The van der Waals surface area contributed by atoms with Gasteiger partial charge in [0.15, 0.2) is 0 Å². The van der Waals surface area contributed by atoms with Crippen molar-refractivity contribution in [2.45, 2.75) is 32.7 Å². The highest BCUT2D eigenvalue weighted by Crippen LogP contribution is 2.13. The number of benzene rings is 1. The minimum Gasteiger partial charge on any atom is -0.342 e. The minimum atomic E-state index is -0.00415. The van der Waals surface area contributed by atoms with Gasteiger partial charge in [-0.1, -0.05) is 12.1 Å². The van der Waals surface area contributed by atoms with E-state index in [0.29, 0.717) is 19.5 Å². The summed E-state index contributed by atoms with van der Waals surface area (Å²) in [6.45, 7) is 2.68. The van der Waals surface area contributed by atoms with Crippen LogP contribution in [0, 0.1) is 0 Å². The summed E-state index contributed by atoms with van der Waals surface area (Å²) in [5.74, 6) is 0.0109. The Morgan fingerprint density at radius 2 is 2.05 bits per heavy atom. The lowest BCUT2D eigenvalue weighted by molar-refractivity contribution is -0.128. The second kappa shape index (κ2) is 8.32. The highest BCUT2D eigenvalue weighted by molar-refractivity contribution is 5.90. The Labute approximate surface area is 120 Å². The van der Waals surface area contributed by atoms with Crippen molar-refractivity contribution in [3.8, 4) is 0 Å². The highest BCUT2D eigenvalue weighted by Gasteiger charge is 2.06. The Kier molecular flexibility index (Phi) is 6.73. The van der Waals surface area contributed by atoms with E-state index >= 15 is 0 Å². The SMILES string of the molecule is CC(=O)N(C)Cc1cccc(NC(=O)CCCCN)c1. The quantitative estimate of drug-likeness (QED) is 0.745. The van der Waals surface area contributed by atoms with E-state index in [1.54, 1.807) is 11.9 Å². The van der Waals surface area contributed by atoms with Crippen molar-refractivity contribution in [1.82, 2.24) is 4.90 Å². The fourth-order valence-electron chi connectivity index (χ4n) is 1.79. The summed E-state index contributed by atoms with van der Waals surface area (Å²) in [5, 5.41) is 2.86. The number of nitrogens with zero attached hydrogens (tertiary/aromatic N) is 1. The highest BCUT2D eigenvalue weighted by atomic mass is 16.2. The van der Waals surface area contributed by atoms with Crippen molar-refractivity contribution in [1.29, 1.82) is 0 Å². The third-order valence-corrected chi connectivity index (χ3v) is 3.03. The molecule has 3 N–H and O–H groups in total. The van der Waals surface area contributed by atoms with E-state index in [0.717, 1.165) is 24.1 Å². The molecule has 1 rings (SSSR count). The predicted molar refractivity (Wildman–Crippen MR) is 80.1 cm³/mol. The first-order valence-corrected chi connectivity index (χ1v) is 6.83. The number of carbonyl (C=O) groups is 2. The lowest BCUT2D eigenvalue weighted by atomic mass is 10.1. The molecule has 0 aromatic heterocycles. The summed E-state index contributed by atoms with van der Waals surface area (Å²) in [7, 11) is 1.75. The van der Waals surface area contributed by atoms with E-state index in [-0.39, 0.29) is 11.8 Å². The second-order valence-electron chi connectivity index (χ2n) is 4.87.